The smallest absolute Gasteiger partial charge is 0.339 e. The van der Waals surface area contributed by atoms with Crippen LogP contribution in [0.3, 0.4) is 0 Å². The van der Waals surface area contributed by atoms with Gasteiger partial charge in [0.05, 0.1) is 11.3 Å². The number of thioether (sulfide) groups is 1. The van der Waals surface area contributed by atoms with E-state index >= 15 is 0 Å². The zero-order valence-electron chi connectivity index (χ0n) is 17.3. The van der Waals surface area contributed by atoms with Crippen molar-refractivity contribution in [1.82, 2.24) is 5.32 Å². The molecular weight excluding hydrogens is 420 g/mol. The Morgan fingerprint density at radius 1 is 1.10 bits per heavy atom. The van der Waals surface area contributed by atoms with Gasteiger partial charge in [-0.2, -0.15) is 0 Å². The zero-order valence-corrected chi connectivity index (χ0v) is 18.1. The number of hydrogen-bond donors (Lipinski definition) is 2. The molecule has 2 N–H and O–H groups in total. The Kier molecular flexibility index (Phi) is 7.77. The van der Waals surface area contributed by atoms with Crippen molar-refractivity contribution in [3.05, 3.63) is 48.0 Å². The zero-order chi connectivity index (χ0) is 22.2. The van der Waals surface area contributed by atoms with Crippen LogP contribution in [0.2, 0.25) is 0 Å². The molecule has 2 aromatic rings. The molecule has 1 unspecified atom stereocenters. The number of carbonyl (C=O) groups is 3. The van der Waals surface area contributed by atoms with Gasteiger partial charge in [0.25, 0.3) is 5.91 Å². The predicted molar refractivity (Wildman–Crippen MR) is 117 cm³/mol. The molecule has 0 aromatic heterocycles. The fourth-order valence-corrected chi connectivity index (χ4v) is 3.54. The van der Waals surface area contributed by atoms with E-state index in [9.17, 15) is 14.4 Å². The summed E-state index contributed by atoms with van der Waals surface area (Å²) in [6.45, 7) is 3.63. The molecule has 0 saturated heterocycles. The molecule has 8 nitrogen and oxygen atoms in total. The Bertz CT molecular complexity index is 965. The molecule has 164 valence electrons. The fourth-order valence-electron chi connectivity index (χ4n) is 2.70. The van der Waals surface area contributed by atoms with Crippen LogP contribution in [0.1, 0.15) is 30.6 Å². The van der Waals surface area contributed by atoms with Crippen LogP contribution in [0.25, 0.3) is 0 Å². The summed E-state index contributed by atoms with van der Waals surface area (Å²) in [5.41, 5.74) is 0.898. The van der Waals surface area contributed by atoms with Gasteiger partial charge >= 0.3 is 5.97 Å². The molecule has 3 rings (SSSR count). The number of hydrogen-bond acceptors (Lipinski definition) is 7. The lowest BCUT2D eigenvalue weighted by Crippen LogP contribution is -2.35. The quantitative estimate of drug-likeness (QED) is 0.452. The van der Waals surface area contributed by atoms with Crippen LogP contribution in [-0.2, 0) is 14.3 Å². The maximum Gasteiger partial charge on any atom is 0.339 e. The first-order valence-corrected chi connectivity index (χ1v) is 10.8. The van der Waals surface area contributed by atoms with Gasteiger partial charge in [-0.05, 0) is 37.6 Å². The highest BCUT2D eigenvalue weighted by molar-refractivity contribution is 8.00. The highest BCUT2D eigenvalue weighted by Crippen LogP contribution is 2.34. The van der Waals surface area contributed by atoms with Crippen molar-refractivity contribution < 1.29 is 28.6 Å². The minimum absolute atomic E-state index is 0.0114. The highest BCUT2D eigenvalue weighted by Gasteiger charge is 2.17. The molecule has 0 fully saturated rings. The predicted octanol–water partition coefficient (Wildman–Crippen LogP) is 3.22. The van der Waals surface area contributed by atoms with E-state index < -0.39 is 5.97 Å². The van der Waals surface area contributed by atoms with Crippen LogP contribution in [0.15, 0.2) is 47.4 Å². The second kappa shape index (κ2) is 10.7. The number of esters is 1. The number of benzene rings is 2. The summed E-state index contributed by atoms with van der Waals surface area (Å²) in [6.07, 6.45) is 0.785. The van der Waals surface area contributed by atoms with Crippen LogP contribution in [0.4, 0.5) is 5.69 Å². The molecule has 0 radical (unpaired) electrons. The number of anilines is 1. The monoisotopic (exact) mass is 444 g/mol. The van der Waals surface area contributed by atoms with Crippen LogP contribution < -0.4 is 20.1 Å². The van der Waals surface area contributed by atoms with Gasteiger partial charge in [0.1, 0.15) is 0 Å². The third kappa shape index (κ3) is 6.39. The molecule has 2 amide bonds. The van der Waals surface area contributed by atoms with E-state index in [2.05, 4.69) is 10.6 Å². The molecule has 1 atom stereocenters. The minimum Gasteiger partial charge on any atom is -0.454 e. The van der Waals surface area contributed by atoms with Crippen LogP contribution in [-0.4, -0.2) is 43.0 Å². The van der Waals surface area contributed by atoms with Gasteiger partial charge in [0.15, 0.2) is 18.1 Å². The Hall–Kier alpha value is -3.20. The molecule has 1 aliphatic heterocycles. The second-order valence-corrected chi connectivity index (χ2v) is 7.87. The summed E-state index contributed by atoms with van der Waals surface area (Å²) in [4.78, 5) is 37.2. The van der Waals surface area contributed by atoms with Gasteiger partial charge < -0.3 is 24.8 Å². The summed E-state index contributed by atoms with van der Waals surface area (Å²) in [5, 5.41) is 5.53. The summed E-state index contributed by atoms with van der Waals surface area (Å²) < 4.78 is 15.7. The molecule has 0 aliphatic carbocycles. The van der Waals surface area contributed by atoms with Gasteiger partial charge in [-0.1, -0.05) is 19.1 Å². The summed E-state index contributed by atoms with van der Waals surface area (Å²) in [6, 6.07) is 12.0. The maximum atomic E-state index is 12.4. The molecule has 31 heavy (non-hydrogen) atoms. The lowest BCUT2D eigenvalue weighted by atomic mass is 10.2. The lowest BCUT2D eigenvalue weighted by Gasteiger charge is -2.12. The van der Waals surface area contributed by atoms with Crippen molar-refractivity contribution in [2.75, 3.05) is 24.5 Å². The van der Waals surface area contributed by atoms with Crippen molar-refractivity contribution in [3.63, 3.8) is 0 Å². The average Bonchev–Trinajstić information content (AvgIpc) is 3.24. The van der Waals surface area contributed by atoms with Crippen LogP contribution in [0, 0.1) is 0 Å². The summed E-state index contributed by atoms with van der Waals surface area (Å²) >= 11 is 1.21. The van der Waals surface area contributed by atoms with Crippen molar-refractivity contribution in [2.24, 2.45) is 0 Å². The first kappa shape index (κ1) is 22.5. The Morgan fingerprint density at radius 2 is 1.87 bits per heavy atom. The Balaban J connectivity index is 1.53. The van der Waals surface area contributed by atoms with E-state index in [0.717, 1.165) is 6.42 Å². The molecule has 0 bridgehead atoms. The highest BCUT2D eigenvalue weighted by atomic mass is 32.2. The fraction of sp³-hybridized carbons (Fsp3) is 0.318. The molecule has 2 aromatic carbocycles. The third-order valence-electron chi connectivity index (χ3n) is 4.48. The number of rotatable bonds is 9. The first-order chi connectivity index (χ1) is 15.0. The second-order valence-electron chi connectivity index (χ2n) is 6.85. The van der Waals surface area contributed by atoms with Gasteiger partial charge in [-0.15, -0.1) is 11.8 Å². The normalized spacial score (nSPS) is 12.7. The van der Waals surface area contributed by atoms with E-state index in [1.165, 1.54) is 11.8 Å². The number of carbonyl (C=O) groups excluding carboxylic acids is 3. The topological polar surface area (TPSA) is 103 Å². The molecule has 1 heterocycles. The molecular formula is C22H24N2O6S. The Morgan fingerprint density at radius 3 is 2.68 bits per heavy atom. The molecule has 0 saturated carbocycles. The van der Waals surface area contributed by atoms with E-state index in [4.69, 9.17) is 14.2 Å². The van der Waals surface area contributed by atoms with Gasteiger partial charge in [0, 0.05) is 22.7 Å². The van der Waals surface area contributed by atoms with Crippen molar-refractivity contribution in [2.45, 2.75) is 31.2 Å². The number of amides is 2. The minimum atomic E-state index is -0.612. The van der Waals surface area contributed by atoms with E-state index in [0.29, 0.717) is 27.6 Å². The van der Waals surface area contributed by atoms with Gasteiger partial charge in [-0.3, -0.25) is 9.59 Å². The van der Waals surface area contributed by atoms with Crippen molar-refractivity contribution >= 4 is 35.2 Å². The van der Waals surface area contributed by atoms with Crippen LogP contribution >= 0.6 is 11.8 Å². The maximum absolute atomic E-state index is 12.4. The molecule has 1 aliphatic rings. The van der Waals surface area contributed by atoms with E-state index in [1.807, 2.05) is 13.8 Å². The standard InChI is InChI=1S/C22H24N2O6S/c1-3-14(2)23-20(25)11-28-22(27)16-6-4-5-7-19(16)31-12-21(26)24-15-8-9-17-18(10-15)30-13-29-17/h4-10,14H,3,11-13H2,1-2H3,(H,23,25)(H,24,26). The third-order valence-corrected chi connectivity index (χ3v) is 5.55. The first-order valence-electron chi connectivity index (χ1n) is 9.84. The molecule has 0 spiro atoms. The van der Waals surface area contributed by atoms with E-state index in [-0.39, 0.29) is 37.0 Å². The number of nitrogens with one attached hydrogen (secondary N) is 2. The average molecular weight is 445 g/mol. The lowest BCUT2D eigenvalue weighted by molar-refractivity contribution is -0.124. The van der Waals surface area contributed by atoms with Crippen molar-refractivity contribution in [3.8, 4) is 11.5 Å². The molecule has 9 heteroatoms. The van der Waals surface area contributed by atoms with Crippen molar-refractivity contribution in [1.29, 1.82) is 0 Å². The summed E-state index contributed by atoms with van der Waals surface area (Å²) in [5.74, 6) is 0.107. The van der Waals surface area contributed by atoms with Gasteiger partial charge in [0.2, 0.25) is 12.7 Å². The number of fused-ring (bicyclic) bond motifs is 1. The van der Waals surface area contributed by atoms with E-state index in [1.54, 1.807) is 42.5 Å². The number of ether oxygens (including phenoxy) is 3. The van der Waals surface area contributed by atoms with Crippen LogP contribution in [0.5, 0.6) is 11.5 Å². The largest absolute Gasteiger partial charge is 0.454 e. The Labute approximate surface area is 184 Å². The SMILES string of the molecule is CCC(C)NC(=O)COC(=O)c1ccccc1SCC(=O)Nc1ccc2c(c1)OCO2. The summed E-state index contributed by atoms with van der Waals surface area (Å²) in [7, 11) is 0. The van der Waals surface area contributed by atoms with Gasteiger partial charge in [-0.25, -0.2) is 4.79 Å².